The molecular weight excluding hydrogens is 494 g/mol. The monoisotopic (exact) mass is 515 g/mol. The largest absolute Gasteiger partial charge is 0.116 e. The average molecular weight is 516 g/mol. The van der Waals surface area contributed by atoms with E-state index in [4.69, 9.17) is 0 Å². The highest BCUT2D eigenvalue weighted by molar-refractivity contribution is 14.1. The van der Waals surface area contributed by atoms with Crippen LogP contribution in [0.5, 0.6) is 0 Å². The maximum absolute atomic E-state index is 4.61. The summed E-state index contributed by atoms with van der Waals surface area (Å²) in [6.07, 6.45) is 1.03. The molecule has 0 heterocycles. The minimum Gasteiger partial charge on any atom is -0.0622 e. The molecule has 0 amide bonds. The van der Waals surface area contributed by atoms with E-state index in [1.54, 1.807) is 21.5 Å². The number of hydrogen-bond donors (Lipinski definition) is 0. The van der Waals surface area contributed by atoms with Crippen molar-refractivity contribution < 1.29 is 0 Å². The normalized spacial score (nSPS) is 10.6. The Kier molecular flexibility index (Phi) is 8.09. The van der Waals surface area contributed by atoms with Crippen LogP contribution < -0.4 is 15.9 Å². The summed E-state index contributed by atoms with van der Waals surface area (Å²) in [6.45, 7) is 0. The number of rotatable bonds is 5. The average Bonchev–Trinajstić information content (AvgIpc) is 2.81. The number of halogens is 2. The van der Waals surface area contributed by atoms with Gasteiger partial charge < -0.3 is 0 Å². The van der Waals surface area contributed by atoms with Gasteiger partial charge in [0.1, 0.15) is 23.2 Å². The molecule has 0 nitrogen and oxygen atoms in total. The van der Waals surface area contributed by atoms with Crippen molar-refractivity contribution in [1.29, 1.82) is 0 Å². The van der Waals surface area contributed by atoms with E-state index in [1.807, 2.05) is 0 Å². The summed E-state index contributed by atoms with van der Waals surface area (Å²) in [7, 11) is 2.83. The van der Waals surface area contributed by atoms with Crippen LogP contribution in [0.4, 0.5) is 0 Å². The molecule has 0 atom stereocenters. The van der Waals surface area contributed by atoms with Crippen LogP contribution in [0.3, 0.4) is 0 Å². The molecule has 0 bridgehead atoms. The number of hydrogen-bond acceptors (Lipinski definition) is 0. The maximum Gasteiger partial charge on any atom is 0.116 e. The Labute approximate surface area is 185 Å². The van der Waals surface area contributed by atoms with Crippen LogP contribution in [0.1, 0.15) is 5.56 Å². The lowest BCUT2D eigenvalue weighted by Crippen LogP contribution is -2.32. The lowest BCUT2D eigenvalue weighted by Gasteiger charge is -2.27. The van der Waals surface area contributed by atoms with E-state index in [9.17, 15) is 0 Å². The molecule has 4 aromatic rings. The molecular formula is C25H22ClIP+. The lowest BCUT2D eigenvalue weighted by atomic mass is 10.2. The van der Waals surface area contributed by atoms with Crippen molar-refractivity contribution in [2.24, 2.45) is 0 Å². The summed E-state index contributed by atoms with van der Waals surface area (Å²) in [4.78, 5) is 0. The van der Waals surface area contributed by atoms with Crippen molar-refractivity contribution in [2.75, 3.05) is 0 Å². The van der Waals surface area contributed by atoms with E-state index in [1.165, 1.54) is 21.5 Å². The maximum atomic E-state index is 4.61. The minimum absolute atomic E-state index is 1.03. The smallest absolute Gasteiger partial charge is 0.0622 e. The van der Waals surface area contributed by atoms with Gasteiger partial charge in [-0.05, 0) is 50.9 Å². The second-order valence-electron chi connectivity index (χ2n) is 6.46. The zero-order chi connectivity index (χ0) is 19.7. The van der Waals surface area contributed by atoms with E-state index in [-0.39, 0.29) is 0 Å². The summed E-state index contributed by atoms with van der Waals surface area (Å²) in [5.41, 5.74) is 1.39. The third-order valence-electron chi connectivity index (χ3n) is 4.85. The molecule has 0 aliphatic carbocycles. The Hall–Kier alpha value is -1.67. The van der Waals surface area contributed by atoms with Crippen LogP contribution in [-0.2, 0) is 6.16 Å². The molecule has 0 saturated carbocycles. The van der Waals surface area contributed by atoms with E-state index < -0.39 is 7.26 Å². The summed E-state index contributed by atoms with van der Waals surface area (Å²) >= 11 is 1.62. The first kappa shape index (κ1) is 21.0. The Morgan fingerprint density at radius 1 is 0.464 bits per heavy atom. The third kappa shape index (κ3) is 4.66. The fourth-order valence-corrected chi connectivity index (χ4v) is 7.87. The highest BCUT2D eigenvalue weighted by atomic mass is 127. The van der Waals surface area contributed by atoms with Crippen LogP contribution >= 0.6 is 37.6 Å². The molecule has 0 spiro atoms. The van der Waals surface area contributed by atoms with E-state index in [2.05, 4.69) is 130 Å². The Balaban J connectivity index is 0.00000109. The summed E-state index contributed by atoms with van der Waals surface area (Å²) in [5.74, 6) is 0. The molecule has 0 fully saturated rings. The Morgan fingerprint density at radius 2 is 0.750 bits per heavy atom. The van der Waals surface area contributed by atoms with Gasteiger partial charge in [0.2, 0.25) is 0 Å². The first-order chi connectivity index (χ1) is 13.9. The first-order valence-electron chi connectivity index (χ1n) is 9.13. The van der Waals surface area contributed by atoms with Gasteiger partial charge in [0.15, 0.2) is 0 Å². The molecule has 28 heavy (non-hydrogen) atoms. The first-order valence-corrected chi connectivity index (χ1v) is 13.8. The highest BCUT2D eigenvalue weighted by Crippen LogP contribution is 2.58. The molecule has 0 aliphatic heterocycles. The summed E-state index contributed by atoms with van der Waals surface area (Å²) < 4.78 is 0. The lowest BCUT2D eigenvalue weighted by molar-refractivity contribution is 1.39. The van der Waals surface area contributed by atoms with Gasteiger partial charge in [-0.1, -0.05) is 84.9 Å². The standard InChI is InChI=1S/C25H22P.ClI/c1-5-13-22(14-6-1)21-26(23-15-7-2-8-16-23,24-17-9-3-10-18-24)25-19-11-4-12-20-25;1-2/h1-20H,21H2;/q+1;. The van der Waals surface area contributed by atoms with Crippen molar-refractivity contribution in [1.82, 2.24) is 0 Å². The molecule has 4 rings (SSSR count). The fraction of sp³-hybridized carbons (Fsp3) is 0.0400. The second-order valence-corrected chi connectivity index (χ2v) is 9.95. The summed E-state index contributed by atoms with van der Waals surface area (Å²) in [6, 6.07) is 44.0. The van der Waals surface area contributed by atoms with Gasteiger partial charge in [0, 0.05) is 21.5 Å². The quantitative estimate of drug-likeness (QED) is 0.204. The molecule has 140 valence electrons. The Morgan fingerprint density at radius 3 is 1.07 bits per heavy atom. The molecule has 0 aromatic heterocycles. The van der Waals surface area contributed by atoms with E-state index >= 15 is 0 Å². The van der Waals surface area contributed by atoms with E-state index in [0.717, 1.165) is 6.16 Å². The topological polar surface area (TPSA) is 0 Å². The molecule has 0 N–H and O–H groups in total. The van der Waals surface area contributed by atoms with Crippen molar-refractivity contribution in [3.63, 3.8) is 0 Å². The van der Waals surface area contributed by atoms with Gasteiger partial charge in [0.25, 0.3) is 0 Å². The van der Waals surface area contributed by atoms with Crippen LogP contribution in [-0.4, -0.2) is 0 Å². The van der Waals surface area contributed by atoms with Gasteiger partial charge in [0.05, 0.1) is 6.16 Å². The van der Waals surface area contributed by atoms with Crippen LogP contribution in [0.25, 0.3) is 0 Å². The van der Waals surface area contributed by atoms with E-state index in [0.29, 0.717) is 0 Å². The van der Waals surface area contributed by atoms with Crippen LogP contribution in [0.2, 0.25) is 0 Å². The SMILES string of the molecule is ClI.c1ccc(C[P+](c2ccccc2)(c2ccccc2)c2ccccc2)cc1. The third-order valence-corrected chi connectivity index (χ3v) is 9.23. The second kappa shape index (κ2) is 10.8. The fourth-order valence-electron chi connectivity index (χ4n) is 3.63. The van der Waals surface area contributed by atoms with Crippen LogP contribution in [0.15, 0.2) is 121 Å². The van der Waals surface area contributed by atoms with Gasteiger partial charge in [-0.2, -0.15) is 0 Å². The summed E-state index contributed by atoms with van der Waals surface area (Å²) in [5, 5.41) is 4.30. The van der Waals surface area contributed by atoms with Crippen molar-refractivity contribution in [3.05, 3.63) is 127 Å². The van der Waals surface area contributed by atoms with Crippen LogP contribution in [0, 0.1) is 0 Å². The zero-order valence-corrected chi connectivity index (χ0v) is 19.3. The van der Waals surface area contributed by atoms with Gasteiger partial charge >= 0.3 is 0 Å². The van der Waals surface area contributed by atoms with Gasteiger partial charge in [-0.25, -0.2) is 0 Å². The Bertz CT molecular complexity index is 848. The van der Waals surface area contributed by atoms with Crippen molar-refractivity contribution >= 4 is 53.5 Å². The highest BCUT2D eigenvalue weighted by Gasteiger charge is 2.45. The minimum atomic E-state index is -1.78. The predicted molar refractivity (Wildman–Crippen MR) is 135 cm³/mol. The molecule has 0 radical (unpaired) electrons. The predicted octanol–water partition coefficient (Wildman–Crippen LogP) is 6.76. The molecule has 3 heteroatoms. The van der Waals surface area contributed by atoms with Gasteiger partial charge in [-0.15, -0.1) is 0 Å². The van der Waals surface area contributed by atoms with Crippen molar-refractivity contribution in [3.8, 4) is 0 Å². The number of benzene rings is 4. The zero-order valence-electron chi connectivity index (χ0n) is 15.5. The molecule has 4 aromatic carbocycles. The molecule has 0 saturated heterocycles. The van der Waals surface area contributed by atoms with Gasteiger partial charge in [-0.3, -0.25) is 0 Å². The molecule has 0 unspecified atom stereocenters. The molecule has 0 aliphatic rings. The van der Waals surface area contributed by atoms with Crippen molar-refractivity contribution in [2.45, 2.75) is 6.16 Å².